The second-order valence-electron chi connectivity index (χ2n) is 12.5. The molecule has 10 aromatic rings. The molecule has 0 spiro atoms. The topological polar surface area (TPSA) is 31.0 Å². The van der Waals surface area contributed by atoms with Gasteiger partial charge in [0.05, 0.1) is 11.0 Å². The van der Waals surface area contributed by atoms with Crippen molar-refractivity contribution in [3.8, 4) is 39.1 Å². The summed E-state index contributed by atoms with van der Waals surface area (Å²) in [5.74, 6) is 0.0519. The maximum absolute atomic E-state index is 8.25. The van der Waals surface area contributed by atoms with Crippen LogP contribution in [0.5, 0.6) is 0 Å². The van der Waals surface area contributed by atoms with E-state index in [0.717, 1.165) is 88.1 Å². The molecule has 10 rings (SSSR count). The highest BCUT2D eigenvalue weighted by Crippen LogP contribution is 2.47. The van der Waals surface area contributed by atoms with Crippen molar-refractivity contribution < 1.29 is 8.53 Å². The number of nitrogens with zero attached hydrogens (tertiary/aromatic N) is 2. The maximum atomic E-state index is 8.25. The van der Waals surface area contributed by atoms with Crippen LogP contribution in [0.1, 0.15) is 9.94 Å². The zero-order chi connectivity index (χ0) is 35.0. The summed E-state index contributed by atoms with van der Waals surface area (Å²) >= 11 is 0. The van der Waals surface area contributed by atoms with E-state index in [1.54, 1.807) is 4.57 Å². The molecule has 0 bridgehead atoms. The number of furan rings is 1. The van der Waals surface area contributed by atoms with Crippen molar-refractivity contribution in [3.05, 3.63) is 170 Å². The van der Waals surface area contributed by atoms with Gasteiger partial charge in [0, 0.05) is 20.6 Å². The van der Waals surface area contributed by atoms with Gasteiger partial charge in [0.15, 0.2) is 0 Å². The Morgan fingerprint density at radius 3 is 2.02 bits per heavy atom. The number of aromatic nitrogens is 2. The van der Waals surface area contributed by atoms with Crippen molar-refractivity contribution in [2.24, 2.45) is 0 Å². The average molecular weight is 630 g/mol. The summed E-state index contributed by atoms with van der Waals surface area (Å²) in [4.78, 5) is 4.52. The third kappa shape index (κ3) is 4.26. The minimum absolute atomic E-state index is 0.0519. The van der Waals surface area contributed by atoms with E-state index in [1.807, 2.05) is 54.6 Å². The highest BCUT2D eigenvalue weighted by Gasteiger charge is 2.21. The van der Waals surface area contributed by atoms with E-state index in [-0.39, 0.29) is 5.82 Å². The van der Waals surface area contributed by atoms with E-state index in [1.165, 1.54) is 0 Å². The Morgan fingerprint density at radius 1 is 0.510 bits per heavy atom. The molecule has 0 aliphatic rings. The first kappa shape index (κ1) is 24.7. The lowest BCUT2D eigenvalue weighted by Crippen LogP contribution is -1.97. The Bertz CT molecular complexity index is 2990. The molecule has 0 aliphatic carbocycles. The summed E-state index contributed by atoms with van der Waals surface area (Å²) in [6.07, 6.45) is 0. The monoisotopic (exact) mass is 629 g/mol. The van der Waals surface area contributed by atoms with Gasteiger partial charge in [-0.05, 0) is 104 Å². The van der Waals surface area contributed by atoms with Crippen molar-refractivity contribution in [2.75, 3.05) is 0 Å². The molecule has 0 unspecified atom stereocenters. The average Bonchev–Trinajstić information content (AvgIpc) is 3.77. The molecule has 2 heterocycles. The lowest BCUT2D eigenvalue weighted by atomic mass is 9.84. The molecule has 0 amide bonds. The first-order valence-corrected chi connectivity index (χ1v) is 16.5. The Labute approximate surface area is 287 Å². The van der Waals surface area contributed by atoms with Gasteiger partial charge in [0.2, 0.25) is 0 Å². The van der Waals surface area contributed by atoms with Gasteiger partial charge in [-0.1, -0.05) is 121 Å². The quantitative estimate of drug-likeness (QED) is 0.181. The number of benzene rings is 8. The molecule has 3 heteroatoms. The number of para-hydroxylation sites is 3. The van der Waals surface area contributed by atoms with Crippen molar-refractivity contribution in [3.63, 3.8) is 0 Å². The maximum Gasteiger partial charge on any atom is 0.136 e. The standard InChI is InChI=1S/C46H30N2O/c1-29-47-40-18-8-9-19-41(40)48(29)33-25-22-31(23-26-33)44-34-14-5-6-15-35(34)45(39-28-32(24-27-36(39)44)30-12-3-2-4-13-30)38-17-11-21-43-46(38)37-16-7-10-20-42(37)49-43/h2-28H,1H3/i1D3. The van der Waals surface area contributed by atoms with Crippen molar-refractivity contribution in [1.29, 1.82) is 0 Å². The van der Waals surface area contributed by atoms with Gasteiger partial charge in [0.25, 0.3) is 0 Å². The second kappa shape index (κ2) is 10.8. The summed E-state index contributed by atoms with van der Waals surface area (Å²) in [5.41, 5.74) is 10.6. The van der Waals surface area contributed by atoms with Gasteiger partial charge in [-0.2, -0.15) is 0 Å². The van der Waals surface area contributed by atoms with Crippen LogP contribution in [0.25, 0.3) is 93.6 Å². The molecular weight excluding hydrogens is 597 g/mol. The minimum Gasteiger partial charge on any atom is -0.456 e. The van der Waals surface area contributed by atoms with Gasteiger partial charge >= 0.3 is 0 Å². The van der Waals surface area contributed by atoms with Gasteiger partial charge < -0.3 is 4.42 Å². The largest absolute Gasteiger partial charge is 0.456 e. The van der Waals surface area contributed by atoms with Crippen LogP contribution in [-0.2, 0) is 0 Å². The van der Waals surface area contributed by atoms with E-state index in [0.29, 0.717) is 5.52 Å². The molecule has 2 aromatic heterocycles. The van der Waals surface area contributed by atoms with Crippen LogP contribution in [-0.4, -0.2) is 9.55 Å². The Kier molecular flexibility index (Phi) is 5.44. The van der Waals surface area contributed by atoms with Crippen LogP contribution in [0.15, 0.2) is 168 Å². The molecule has 0 atom stereocenters. The fraction of sp³-hybridized carbons (Fsp3) is 0.0217. The third-order valence-electron chi connectivity index (χ3n) is 9.78. The lowest BCUT2D eigenvalue weighted by molar-refractivity contribution is 0.669. The number of hydrogen-bond acceptors (Lipinski definition) is 2. The van der Waals surface area contributed by atoms with Crippen LogP contribution in [0.3, 0.4) is 0 Å². The Balaban J connectivity index is 1.27. The number of hydrogen-bond donors (Lipinski definition) is 0. The van der Waals surface area contributed by atoms with Crippen LogP contribution >= 0.6 is 0 Å². The van der Waals surface area contributed by atoms with E-state index in [4.69, 9.17) is 8.53 Å². The predicted octanol–water partition coefficient (Wildman–Crippen LogP) is 12.5. The number of fused-ring (bicyclic) bond motifs is 6. The van der Waals surface area contributed by atoms with Gasteiger partial charge in [-0.3, -0.25) is 4.57 Å². The normalized spacial score (nSPS) is 12.9. The smallest absolute Gasteiger partial charge is 0.136 e. The summed E-state index contributed by atoms with van der Waals surface area (Å²) < 4.78 is 32.9. The molecule has 0 N–H and O–H groups in total. The molecule has 0 radical (unpaired) electrons. The van der Waals surface area contributed by atoms with Crippen LogP contribution in [0, 0.1) is 6.85 Å². The molecule has 0 fully saturated rings. The van der Waals surface area contributed by atoms with E-state index < -0.39 is 6.85 Å². The molecule has 8 aromatic carbocycles. The van der Waals surface area contributed by atoms with Gasteiger partial charge in [-0.25, -0.2) is 4.98 Å². The summed E-state index contributed by atoms with van der Waals surface area (Å²) in [6.45, 7) is -2.38. The predicted molar refractivity (Wildman–Crippen MR) is 204 cm³/mol. The summed E-state index contributed by atoms with van der Waals surface area (Å²) in [5, 5.41) is 6.73. The molecule has 230 valence electrons. The minimum atomic E-state index is -2.38. The number of aryl methyl sites for hydroxylation is 1. The molecule has 0 saturated carbocycles. The zero-order valence-electron chi connectivity index (χ0n) is 29.4. The SMILES string of the molecule is [2H]C([2H])([2H])c1nc2ccccc2n1-c1ccc(-c2c3ccccc3c(-c3cccc4oc5ccccc5c34)c3cc(-c4ccccc4)ccc23)cc1. The van der Waals surface area contributed by atoms with Crippen molar-refractivity contribution in [2.45, 2.75) is 6.85 Å². The Morgan fingerprint density at radius 2 is 1.18 bits per heavy atom. The third-order valence-corrected chi connectivity index (χ3v) is 9.78. The lowest BCUT2D eigenvalue weighted by Gasteiger charge is -2.19. The number of imidazole rings is 1. The summed E-state index contributed by atoms with van der Waals surface area (Å²) in [7, 11) is 0. The fourth-order valence-corrected chi connectivity index (χ4v) is 7.64. The van der Waals surface area contributed by atoms with Crippen LogP contribution in [0.2, 0.25) is 0 Å². The highest BCUT2D eigenvalue weighted by molar-refractivity contribution is 6.26. The highest BCUT2D eigenvalue weighted by atomic mass is 16.3. The summed E-state index contributed by atoms with van der Waals surface area (Å²) in [6, 6.07) is 56.3. The van der Waals surface area contributed by atoms with E-state index >= 15 is 0 Å². The molecular formula is C46H30N2O. The molecule has 49 heavy (non-hydrogen) atoms. The van der Waals surface area contributed by atoms with Crippen LogP contribution < -0.4 is 0 Å². The van der Waals surface area contributed by atoms with Crippen LogP contribution in [0.4, 0.5) is 0 Å². The van der Waals surface area contributed by atoms with E-state index in [9.17, 15) is 0 Å². The molecule has 0 aliphatic heterocycles. The van der Waals surface area contributed by atoms with E-state index in [2.05, 4.69) is 114 Å². The van der Waals surface area contributed by atoms with Gasteiger partial charge in [0.1, 0.15) is 17.0 Å². The molecule has 0 saturated heterocycles. The number of rotatable bonds is 4. The van der Waals surface area contributed by atoms with Gasteiger partial charge in [-0.15, -0.1) is 0 Å². The fourth-order valence-electron chi connectivity index (χ4n) is 7.64. The second-order valence-corrected chi connectivity index (χ2v) is 12.5. The van der Waals surface area contributed by atoms with Crippen molar-refractivity contribution >= 4 is 54.5 Å². The first-order valence-electron chi connectivity index (χ1n) is 18.0. The zero-order valence-corrected chi connectivity index (χ0v) is 26.4. The Hall–Kier alpha value is -6.45. The first-order chi connectivity index (χ1) is 25.4. The van der Waals surface area contributed by atoms with Crippen molar-refractivity contribution in [1.82, 2.24) is 9.55 Å². The molecule has 3 nitrogen and oxygen atoms in total.